The Morgan fingerprint density at radius 1 is 1.38 bits per heavy atom. The summed E-state index contributed by atoms with van der Waals surface area (Å²) < 4.78 is 25.8. The van der Waals surface area contributed by atoms with Crippen molar-refractivity contribution in [2.24, 2.45) is 0 Å². The lowest BCUT2D eigenvalue weighted by atomic mass is 10.2. The fourth-order valence-corrected chi connectivity index (χ4v) is 2.09. The van der Waals surface area contributed by atoms with Crippen molar-refractivity contribution in [2.45, 2.75) is 31.1 Å². The third-order valence-electron chi connectivity index (χ3n) is 2.15. The lowest BCUT2D eigenvalue weighted by Gasteiger charge is -2.02. The van der Waals surface area contributed by atoms with E-state index in [-0.39, 0.29) is 5.78 Å². The van der Waals surface area contributed by atoms with Crippen molar-refractivity contribution in [3.05, 3.63) is 29.8 Å². The smallest absolute Gasteiger partial charge is 0.139 e. The average molecular weight is 244 g/mol. The van der Waals surface area contributed by atoms with E-state index in [1.807, 2.05) is 6.92 Å². The van der Waals surface area contributed by atoms with Crippen LogP contribution in [0.15, 0.2) is 23.1 Å². The molecule has 0 atom stereocenters. The number of halogens is 2. The zero-order chi connectivity index (χ0) is 12.0. The highest BCUT2D eigenvalue weighted by atomic mass is 32.2. The summed E-state index contributed by atoms with van der Waals surface area (Å²) in [7, 11) is 0. The molecule has 0 amide bonds. The highest BCUT2D eigenvalue weighted by molar-refractivity contribution is 7.99. The van der Waals surface area contributed by atoms with Gasteiger partial charge in [-0.15, -0.1) is 11.8 Å². The molecule has 0 N–H and O–H groups in total. The largest absolute Gasteiger partial charge is 0.300 e. The van der Waals surface area contributed by atoms with Crippen molar-refractivity contribution >= 4 is 17.5 Å². The Morgan fingerprint density at radius 3 is 2.75 bits per heavy atom. The van der Waals surface area contributed by atoms with Gasteiger partial charge in [-0.3, -0.25) is 4.79 Å². The summed E-state index contributed by atoms with van der Waals surface area (Å²) in [6, 6.07) is 3.54. The fourth-order valence-electron chi connectivity index (χ4n) is 1.22. The first kappa shape index (κ1) is 13.2. The van der Waals surface area contributed by atoms with Gasteiger partial charge in [0.25, 0.3) is 0 Å². The number of benzene rings is 1. The van der Waals surface area contributed by atoms with Crippen molar-refractivity contribution in [1.82, 2.24) is 0 Å². The Bertz CT molecular complexity index is 366. The quantitative estimate of drug-likeness (QED) is 0.559. The third kappa shape index (κ3) is 4.31. The van der Waals surface area contributed by atoms with Gasteiger partial charge in [0.05, 0.1) is 0 Å². The molecule has 4 heteroatoms. The van der Waals surface area contributed by atoms with E-state index >= 15 is 0 Å². The summed E-state index contributed by atoms with van der Waals surface area (Å²) in [5, 5.41) is 0. The Kier molecular flexibility index (Phi) is 5.46. The summed E-state index contributed by atoms with van der Waals surface area (Å²) in [5.74, 6) is -0.205. The second-order valence-electron chi connectivity index (χ2n) is 3.42. The highest BCUT2D eigenvalue weighted by Crippen LogP contribution is 2.23. The van der Waals surface area contributed by atoms with Gasteiger partial charge in [0.2, 0.25) is 0 Å². The van der Waals surface area contributed by atoms with E-state index in [4.69, 9.17) is 0 Å². The molecule has 0 saturated heterocycles. The standard InChI is InChI=1S/C12H14F2OS/c1-2-10(15)4-3-7-16-12-6-5-9(13)8-11(12)14/h5-6,8H,2-4,7H2,1H3. The number of carbonyl (C=O) groups excluding carboxylic acids is 1. The summed E-state index contributed by atoms with van der Waals surface area (Å²) in [5.41, 5.74) is 0. The molecular weight excluding hydrogens is 230 g/mol. The monoisotopic (exact) mass is 244 g/mol. The average Bonchev–Trinajstić information content (AvgIpc) is 2.26. The van der Waals surface area contributed by atoms with Crippen LogP contribution in [-0.4, -0.2) is 11.5 Å². The van der Waals surface area contributed by atoms with E-state index in [2.05, 4.69) is 0 Å². The van der Waals surface area contributed by atoms with Gasteiger partial charge in [-0.2, -0.15) is 0 Å². The Morgan fingerprint density at radius 2 is 2.12 bits per heavy atom. The molecule has 0 saturated carbocycles. The number of hydrogen-bond acceptors (Lipinski definition) is 2. The molecular formula is C12H14F2OS. The molecule has 0 unspecified atom stereocenters. The third-order valence-corrected chi connectivity index (χ3v) is 3.28. The molecule has 0 aliphatic heterocycles. The predicted octanol–water partition coefficient (Wildman–Crippen LogP) is 3.82. The van der Waals surface area contributed by atoms with Crippen LogP contribution in [0.5, 0.6) is 0 Å². The van der Waals surface area contributed by atoms with Gasteiger partial charge in [-0.05, 0) is 24.3 Å². The van der Waals surface area contributed by atoms with Crippen molar-refractivity contribution in [3.8, 4) is 0 Å². The van der Waals surface area contributed by atoms with Gasteiger partial charge in [-0.1, -0.05) is 6.92 Å². The number of Topliss-reactive ketones (excluding diaryl/α,β-unsaturated/α-hetero) is 1. The first-order valence-electron chi connectivity index (χ1n) is 5.23. The zero-order valence-electron chi connectivity index (χ0n) is 9.13. The Hall–Kier alpha value is -0.900. The minimum Gasteiger partial charge on any atom is -0.300 e. The maximum Gasteiger partial charge on any atom is 0.139 e. The van der Waals surface area contributed by atoms with Crippen molar-refractivity contribution in [3.63, 3.8) is 0 Å². The first-order valence-corrected chi connectivity index (χ1v) is 6.21. The van der Waals surface area contributed by atoms with Crippen LogP contribution in [0.2, 0.25) is 0 Å². The maximum atomic E-state index is 13.2. The molecule has 88 valence electrons. The Balaban J connectivity index is 2.35. The number of hydrogen-bond donors (Lipinski definition) is 0. The van der Waals surface area contributed by atoms with Gasteiger partial charge < -0.3 is 0 Å². The summed E-state index contributed by atoms with van der Waals surface area (Å²) in [6.45, 7) is 1.83. The zero-order valence-corrected chi connectivity index (χ0v) is 9.95. The molecule has 0 heterocycles. The molecule has 0 aliphatic rings. The predicted molar refractivity (Wildman–Crippen MR) is 61.6 cm³/mol. The molecule has 1 aromatic rings. The number of carbonyl (C=O) groups is 1. The van der Waals surface area contributed by atoms with Gasteiger partial charge in [0.1, 0.15) is 17.4 Å². The van der Waals surface area contributed by atoms with Crippen LogP contribution >= 0.6 is 11.8 Å². The van der Waals surface area contributed by atoms with Crippen LogP contribution in [-0.2, 0) is 4.79 Å². The molecule has 0 aliphatic carbocycles. The first-order chi connectivity index (χ1) is 7.63. The maximum absolute atomic E-state index is 13.2. The molecule has 1 rings (SSSR count). The van der Waals surface area contributed by atoms with E-state index < -0.39 is 11.6 Å². The molecule has 16 heavy (non-hydrogen) atoms. The lowest BCUT2D eigenvalue weighted by Crippen LogP contribution is -1.95. The van der Waals surface area contributed by atoms with E-state index in [1.54, 1.807) is 0 Å². The van der Waals surface area contributed by atoms with Crippen LogP contribution in [0.25, 0.3) is 0 Å². The fraction of sp³-hybridized carbons (Fsp3) is 0.417. The van der Waals surface area contributed by atoms with Crippen LogP contribution < -0.4 is 0 Å². The molecule has 0 aromatic heterocycles. The summed E-state index contributed by atoms with van der Waals surface area (Å²) in [6.07, 6.45) is 1.82. The molecule has 0 radical (unpaired) electrons. The van der Waals surface area contributed by atoms with Crippen LogP contribution in [0.1, 0.15) is 26.2 Å². The minimum absolute atomic E-state index is 0.222. The van der Waals surface area contributed by atoms with Gasteiger partial charge in [-0.25, -0.2) is 8.78 Å². The minimum atomic E-state index is -0.567. The summed E-state index contributed by atoms with van der Waals surface area (Å²) in [4.78, 5) is 11.4. The molecule has 0 bridgehead atoms. The highest BCUT2D eigenvalue weighted by Gasteiger charge is 2.04. The molecule has 0 fully saturated rings. The number of rotatable bonds is 6. The normalized spacial score (nSPS) is 10.4. The van der Waals surface area contributed by atoms with Crippen LogP contribution in [0.4, 0.5) is 8.78 Å². The van der Waals surface area contributed by atoms with Crippen molar-refractivity contribution in [1.29, 1.82) is 0 Å². The second kappa shape index (κ2) is 6.63. The Labute approximate surface area is 98.2 Å². The van der Waals surface area contributed by atoms with E-state index in [9.17, 15) is 13.6 Å². The molecule has 1 aromatic carbocycles. The van der Waals surface area contributed by atoms with E-state index in [0.29, 0.717) is 23.5 Å². The van der Waals surface area contributed by atoms with Gasteiger partial charge in [0.15, 0.2) is 0 Å². The number of thioether (sulfide) groups is 1. The summed E-state index contributed by atoms with van der Waals surface area (Å²) >= 11 is 1.31. The van der Waals surface area contributed by atoms with E-state index in [0.717, 1.165) is 12.5 Å². The van der Waals surface area contributed by atoms with Crippen molar-refractivity contribution < 1.29 is 13.6 Å². The topological polar surface area (TPSA) is 17.1 Å². The van der Waals surface area contributed by atoms with E-state index in [1.165, 1.54) is 23.9 Å². The van der Waals surface area contributed by atoms with Crippen LogP contribution in [0.3, 0.4) is 0 Å². The van der Waals surface area contributed by atoms with Gasteiger partial charge in [0, 0.05) is 23.8 Å². The second-order valence-corrected chi connectivity index (χ2v) is 4.56. The van der Waals surface area contributed by atoms with Crippen LogP contribution in [0, 0.1) is 11.6 Å². The number of ketones is 1. The molecule has 0 spiro atoms. The molecule has 1 nitrogen and oxygen atoms in total. The van der Waals surface area contributed by atoms with Gasteiger partial charge >= 0.3 is 0 Å². The van der Waals surface area contributed by atoms with Crippen molar-refractivity contribution in [2.75, 3.05) is 5.75 Å². The lowest BCUT2D eigenvalue weighted by molar-refractivity contribution is -0.118. The SMILES string of the molecule is CCC(=O)CCCSc1ccc(F)cc1F.